The molecular weight excluding hydrogens is 488 g/mol. The van der Waals surface area contributed by atoms with E-state index in [1.165, 1.54) is 30.6 Å². The van der Waals surface area contributed by atoms with Crippen molar-refractivity contribution in [3.63, 3.8) is 0 Å². The molecule has 1 aromatic carbocycles. The van der Waals surface area contributed by atoms with Gasteiger partial charge in [0.05, 0.1) is 23.4 Å². The number of benzene rings is 1. The Kier molecular flexibility index (Phi) is 7.53. The summed E-state index contributed by atoms with van der Waals surface area (Å²) in [4.78, 5) is 26.6. The van der Waals surface area contributed by atoms with E-state index < -0.39 is 11.6 Å². The van der Waals surface area contributed by atoms with E-state index in [0.29, 0.717) is 48.3 Å². The molecule has 0 spiro atoms. The maximum Gasteiger partial charge on any atom is 0.331 e. The second kappa shape index (κ2) is 11.0. The van der Waals surface area contributed by atoms with Gasteiger partial charge in [-0.25, -0.2) is 19.7 Å². The van der Waals surface area contributed by atoms with E-state index in [2.05, 4.69) is 10.3 Å². The number of methoxy groups -OCH3 is 1. The summed E-state index contributed by atoms with van der Waals surface area (Å²) in [5.41, 5.74) is 1.49. The Morgan fingerprint density at radius 1 is 1.11 bits per heavy atom. The van der Waals surface area contributed by atoms with Gasteiger partial charge in [-0.3, -0.25) is 0 Å². The average Bonchev–Trinajstić information content (AvgIpc) is 3.28. The molecule has 2 heterocycles. The quantitative estimate of drug-likeness (QED) is 0.358. The molecule has 1 fully saturated rings. The minimum atomic E-state index is -1.21. The van der Waals surface area contributed by atoms with Gasteiger partial charge in [0.15, 0.2) is 0 Å². The van der Waals surface area contributed by atoms with Crippen LogP contribution in [0.2, 0.25) is 0 Å². The molecular formula is C28H32N4O4S. The fraction of sp³-hybridized carbons (Fsp3) is 0.429. The van der Waals surface area contributed by atoms with Crippen LogP contribution in [0.5, 0.6) is 5.75 Å². The topological polar surface area (TPSA) is 117 Å². The van der Waals surface area contributed by atoms with Crippen LogP contribution in [0.1, 0.15) is 62.8 Å². The van der Waals surface area contributed by atoms with Crippen LogP contribution in [0.15, 0.2) is 48.2 Å². The Labute approximate surface area is 220 Å². The van der Waals surface area contributed by atoms with Crippen molar-refractivity contribution >= 4 is 23.3 Å². The average molecular weight is 521 g/mol. The normalized spacial score (nSPS) is 20.6. The second-order valence-corrected chi connectivity index (χ2v) is 10.8. The lowest BCUT2D eigenvalue weighted by Crippen LogP contribution is -2.25. The number of aromatic nitrogens is 3. The number of aliphatic hydroxyl groups is 1. The maximum absolute atomic E-state index is 11.7. The highest BCUT2D eigenvalue weighted by Crippen LogP contribution is 2.44. The van der Waals surface area contributed by atoms with Crippen molar-refractivity contribution in [3.8, 4) is 27.6 Å². The standard InChI is InChI=1S/C28H32N4O4S/c1-36-21-11-9-18(10-12-21)23-24(22-14-17-29-27(31-22)30-20-7-3-2-4-8-20)37-26(32-23)28(35)15-5-6-19(13-16-28)25(33)34/h6,9-12,14,17,20,35H,2-5,7-8,13,15-16H2,1H3,(H,33,34)(H,29,30,31). The van der Waals surface area contributed by atoms with Crippen molar-refractivity contribution < 1.29 is 19.7 Å². The second-order valence-electron chi connectivity index (χ2n) is 9.77. The van der Waals surface area contributed by atoms with Crippen LogP contribution < -0.4 is 10.1 Å². The third-order valence-corrected chi connectivity index (χ3v) is 8.52. The zero-order valence-electron chi connectivity index (χ0n) is 20.9. The highest BCUT2D eigenvalue weighted by atomic mass is 32.1. The number of hydrogen-bond donors (Lipinski definition) is 3. The summed E-state index contributed by atoms with van der Waals surface area (Å²) in [5, 5.41) is 25.2. The first kappa shape index (κ1) is 25.4. The third kappa shape index (κ3) is 5.67. The van der Waals surface area contributed by atoms with Crippen molar-refractivity contribution in [2.24, 2.45) is 0 Å². The molecule has 0 radical (unpaired) electrons. The monoisotopic (exact) mass is 520 g/mol. The van der Waals surface area contributed by atoms with Crippen LogP contribution in [-0.2, 0) is 10.4 Å². The Bertz CT molecular complexity index is 1280. The minimum absolute atomic E-state index is 0.293. The van der Waals surface area contributed by atoms with Gasteiger partial charge >= 0.3 is 5.97 Å². The van der Waals surface area contributed by atoms with Gasteiger partial charge in [0.25, 0.3) is 0 Å². The van der Waals surface area contributed by atoms with Crippen molar-refractivity contribution in [1.29, 1.82) is 0 Å². The van der Waals surface area contributed by atoms with Crippen LogP contribution in [-0.4, -0.2) is 44.3 Å². The smallest absolute Gasteiger partial charge is 0.331 e. The lowest BCUT2D eigenvalue weighted by Gasteiger charge is -2.24. The molecule has 8 nitrogen and oxygen atoms in total. The fourth-order valence-corrected chi connectivity index (χ4v) is 6.29. The van der Waals surface area contributed by atoms with E-state index in [4.69, 9.17) is 14.7 Å². The molecule has 2 aliphatic carbocycles. The van der Waals surface area contributed by atoms with Gasteiger partial charge in [-0.2, -0.15) is 0 Å². The van der Waals surface area contributed by atoms with Gasteiger partial charge in [0.2, 0.25) is 5.95 Å². The number of ether oxygens (including phenoxy) is 1. The fourth-order valence-electron chi connectivity index (χ4n) is 5.08. The molecule has 0 amide bonds. The Morgan fingerprint density at radius 3 is 2.62 bits per heavy atom. The van der Waals surface area contributed by atoms with Gasteiger partial charge in [-0.1, -0.05) is 25.3 Å². The molecule has 1 saturated carbocycles. The van der Waals surface area contributed by atoms with Crippen LogP contribution in [0.4, 0.5) is 5.95 Å². The van der Waals surface area contributed by atoms with Crippen LogP contribution in [0.3, 0.4) is 0 Å². The molecule has 2 aliphatic rings. The zero-order valence-corrected chi connectivity index (χ0v) is 21.8. The molecule has 0 aliphatic heterocycles. The van der Waals surface area contributed by atoms with Crippen LogP contribution in [0, 0.1) is 0 Å². The number of allylic oxidation sites excluding steroid dienone is 1. The molecule has 3 aromatic rings. The maximum atomic E-state index is 11.7. The van der Waals surface area contributed by atoms with Crippen molar-refractivity contribution in [1.82, 2.24) is 15.0 Å². The molecule has 5 rings (SSSR count). The molecule has 2 aromatic heterocycles. The first-order valence-corrected chi connectivity index (χ1v) is 13.7. The zero-order chi connectivity index (χ0) is 25.8. The number of carbonyl (C=O) groups is 1. The molecule has 3 N–H and O–H groups in total. The van der Waals surface area contributed by atoms with E-state index in [-0.39, 0.29) is 0 Å². The number of nitrogens with one attached hydrogen (secondary N) is 1. The summed E-state index contributed by atoms with van der Waals surface area (Å²) in [6.07, 6.45) is 10.9. The number of aliphatic carboxylic acids is 1. The number of rotatable bonds is 7. The van der Waals surface area contributed by atoms with Crippen molar-refractivity contribution in [2.75, 3.05) is 12.4 Å². The van der Waals surface area contributed by atoms with E-state index in [1.807, 2.05) is 30.3 Å². The van der Waals surface area contributed by atoms with E-state index in [0.717, 1.165) is 40.4 Å². The van der Waals surface area contributed by atoms with Gasteiger partial charge < -0.3 is 20.3 Å². The van der Waals surface area contributed by atoms with Gasteiger partial charge in [0, 0.05) is 23.4 Å². The van der Waals surface area contributed by atoms with Gasteiger partial charge in [-0.05, 0) is 68.9 Å². The predicted octanol–water partition coefficient (Wildman–Crippen LogP) is 5.79. The molecule has 0 saturated heterocycles. The highest BCUT2D eigenvalue weighted by molar-refractivity contribution is 7.15. The van der Waals surface area contributed by atoms with Crippen LogP contribution >= 0.6 is 11.3 Å². The summed E-state index contributed by atoms with van der Waals surface area (Å²) in [6.45, 7) is 0. The lowest BCUT2D eigenvalue weighted by atomic mass is 9.94. The molecule has 9 heteroatoms. The van der Waals surface area contributed by atoms with E-state index >= 15 is 0 Å². The summed E-state index contributed by atoms with van der Waals surface area (Å²) < 4.78 is 5.33. The largest absolute Gasteiger partial charge is 0.497 e. The number of anilines is 1. The number of carboxylic acids is 1. The Balaban J connectivity index is 1.52. The van der Waals surface area contributed by atoms with Crippen LogP contribution in [0.25, 0.3) is 21.8 Å². The number of thiazole rings is 1. The Hall–Kier alpha value is -3.30. The van der Waals surface area contributed by atoms with Gasteiger partial charge in [0.1, 0.15) is 16.4 Å². The number of hydrogen-bond acceptors (Lipinski definition) is 8. The summed E-state index contributed by atoms with van der Waals surface area (Å²) in [6, 6.07) is 9.92. The van der Waals surface area contributed by atoms with E-state index in [9.17, 15) is 15.0 Å². The molecule has 0 bridgehead atoms. The predicted molar refractivity (Wildman–Crippen MR) is 144 cm³/mol. The number of nitrogens with zero attached hydrogens (tertiary/aromatic N) is 3. The SMILES string of the molecule is COc1ccc(-c2nc(C3(O)CCC=C(C(=O)O)CC3)sc2-c2ccnc(NC3CCCCC3)n2)cc1. The number of carboxylic acid groups (broad SMARTS) is 1. The molecule has 1 unspecified atom stereocenters. The molecule has 37 heavy (non-hydrogen) atoms. The first-order valence-electron chi connectivity index (χ1n) is 12.9. The molecule has 194 valence electrons. The Morgan fingerprint density at radius 2 is 1.89 bits per heavy atom. The highest BCUT2D eigenvalue weighted by Gasteiger charge is 2.36. The summed E-state index contributed by atoms with van der Waals surface area (Å²) in [7, 11) is 1.63. The summed E-state index contributed by atoms with van der Waals surface area (Å²) >= 11 is 1.42. The van der Waals surface area contributed by atoms with Gasteiger partial charge in [-0.15, -0.1) is 11.3 Å². The lowest BCUT2D eigenvalue weighted by molar-refractivity contribution is -0.132. The van der Waals surface area contributed by atoms with Crippen molar-refractivity contribution in [2.45, 2.75) is 69.4 Å². The first-order chi connectivity index (χ1) is 17.9. The molecule has 1 atom stereocenters. The van der Waals surface area contributed by atoms with Crippen molar-refractivity contribution in [3.05, 3.63) is 53.2 Å². The van der Waals surface area contributed by atoms with E-state index in [1.54, 1.807) is 19.4 Å². The third-order valence-electron chi connectivity index (χ3n) is 7.25. The minimum Gasteiger partial charge on any atom is -0.497 e. The summed E-state index contributed by atoms with van der Waals surface area (Å²) in [5.74, 6) is 0.418.